The average molecular weight is 448 g/mol. The number of aromatic carboxylic acids is 1. The Balaban J connectivity index is 2.11. The van der Waals surface area contributed by atoms with Gasteiger partial charge in [0.15, 0.2) is 5.11 Å². The molecule has 0 aromatic heterocycles. The van der Waals surface area contributed by atoms with Crippen LogP contribution in [0.15, 0.2) is 40.9 Å². The fourth-order valence-electron chi connectivity index (χ4n) is 1.77. The second-order valence-electron chi connectivity index (χ2n) is 4.53. The number of hydrogen-bond donors (Lipinski definition) is 3. The molecule has 5 nitrogen and oxygen atoms in total. The quantitative estimate of drug-likeness (QED) is 0.600. The molecule has 0 saturated carbocycles. The molecule has 0 bridgehead atoms. The largest absolute Gasteiger partial charge is 0.478 e. The Hall–Kier alpha value is -1.67. The van der Waals surface area contributed by atoms with E-state index in [9.17, 15) is 9.59 Å². The highest BCUT2D eigenvalue weighted by Crippen LogP contribution is 2.22. The number of benzene rings is 2. The van der Waals surface area contributed by atoms with Crippen LogP contribution < -0.4 is 10.6 Å². The number of carbonyl (C=O) groups is 2. The molecule has 9 heteroatoms. The van der Waals surface area contributed by atoms with E-state index in [0.29, 0.717) is 10.2 Å². The summed E-state index contributed by atoms with van der Waals surface area (Å²) in [5.41, 5.74) is 0.547. The molecule has 2 aromatic carbocycles. The number of thiocarbonyl (C=S) groups is 1. The van der Waals surface area contributed by atoms with Gasteiger partial charge in [0.25, 0.3) is 5.91 Å². The van der Waals surface area contributed by atoms with Gasteiger partial charge in [0.1, 0.15) is 0 Å². The number of nitrogens with one attached hydrogen (secondary N) is 2. The Kier molecular flexibility index (Phi) is 6.17. The highest BCUT2D eigenvalue weighted by molar-refractivity contribution is 9.10. The van der Waals surface area contributed by atoms with E-state index >= 15 is 0 Å². The first-order valence-corrected chi connectivity index (χ1v) is 8.34. The van der Waals surface area contributed by atoms with Crippen molar-refractivity contribution in [2.24, 2.45) is 0 Å². The van der Waals surface area contributed by atoms with E-state index in [-0.39, 0.29) is 26.3 Å². The maximum atomic E-state index is 12.2. The number of halogens is 3. The Labute approximate surface area is 161 Å². The van der Waals surface area contributed by atoms with Crippen molar-refractivity contribution in [3.05, 3.63) is 62.0 Å². The van der Waals surface area contributed by atoms with Crippen LogP contribution in [-0.4, -0.2) is 22.1 Å². The van der Waals surface area contributed by atoms with E-state index in [1.165, 1.54) is 12.1 Å². The lowest BCUT2D eigenvalue weighted by molar-refractivity contribution is 0.0697. The molecule has 0 fully saturated rings. The normalized spacial score (nSPS) is 10.1. The van der Waals surface area contributed by atoms with Crippen LogP contribution >= 0.6 is 51.3 Å². The first-order valence-electron chi connectivity index (χ1n) is 6.38. The fraction of sp³-hybridized carbons (Fsp3) is 0. The third kappa shape index (κ3) is 4.67. The standard InChI is InChI=1S/C15H9BrCl2N2O3S/c16-7-1-3-11(17)9(5-7)13(21)20-15(24)19-8-2-4-12(18)10(6-8)14(22)23/h1-6H,(H,22,23)(H2,19,20,21,24). The summed E-state index contributed by atoms with van der Waals surface area (Å²) >= 11 is 20.1. The minimum Gasteiger partial charge on any atom is -0.478 e. The molecule has 0 aliphatic rings. The van der Waals surface area contributed by atoms with Crippen LogP contribution in [0, 0.1) is 0 Å². The molecule has 3 N–H and O–H groups in total. The number of carboxylic acid groups (broad SMARTS) is 1. The smallest absolute Gasteiger partial charge is 0.337 e. The molecule has 1 amide bonds. The van der Waals surface area contributed by atoms with Crippen molar-refractivity contribution < 1.29 is 14.7 Å². The Morgan fingerprint density at radius 2 is 1.67 bits per heavy atom. The van der Waals surface area contributed by atoms with Crippen LogP contribution in [0.3, 0.4) is 0 Å². The Bertz CT molecular complexity index is 845. The van der Waals surface area contributed by atoms with Crippen molar-refractivity contribution in [2.45, 2.75) is 0 Å². The third-order valence-corrected chi connectivity index (χ3v) is 4.21. The maximum absolute atomic E-state index is 12.2. The lowest BCUT2D eigenvalue weighted by Gasteiger charge is -2.11. The maximum Gasteiger partial charge on any atom is 0.337 e. The van der Waals surface area contributed by atoms with Crippen LogP contribution in [-0.2, 0) is 0 Å². The third-order valence-electron chi connectivity index (χ3n) is 2.85. The Morgan fingerprint density at radius 3 is 2.33 bits per heavy atom. The summed E-state index contributed by atoms with van der Waals surface area (Å²) in [6.45, 7) is 0. The lowest BCUT2D eigenvalue weighted by atomic mass is 10.2. The average Bonchev–Trinajstić information content (AvgIpc) is 2.51. The van der Waals surface area contributed by atoms with Gasteiger partial charge in [0, 0.05) is 10.2 Å². The summed E-state index contributed by atoms with van der Waals surface area (Å²) < 4.78 is 0.694. The number of anilines is 1. The minimum atomic E-state index is -1.17. The van der Waals surface area contributed by atoms with Gasteiger partial charge in [-0.1, -0.05) is 39.1 Å². The first kappa shape index (κ1) is 18.7. The predicted molar refractivity (Wildman–Crippen MR) is 101 cm³/mol. The van der Waals surface area contributed by atoms with Crippen molar-refractivity contribution in [1.29, 1.82) is 0 Å². The van der Waals surface area contributed by atoms with Gasteiger partial charge in [-0.05, 0) is 48.6 Å². The number of carboxylic acids is 1. The number of amides is 1. The van der Waals surface area contributed by atoms with Crippen molar-refractivity contribution in [3.63, 3.8) is 0 Å². The van der Waals surface area contributed by atoms with Crippen LogP contribution in [0.4, 0.5) is 5.69 Å². The van der Waals surface area contributed by atoms with Crippen LogP contribution in [0.5, 0.6) is 0 Å². The molecular formula is C15H9BrCl2N2O3S. The molecule has 0 aliphatic carbocycles. The van der Waals surface area contributed by atoms with Crippen molar-refractivity contribution in [1.82, 2.24) is 5.32 Å². The van der Waals surface area contributed by atoms with E-state index in [2.05, 4.69) is 26.6 Å². The molecule has 0 spiro atoms. The zero-order valence-corrected chi connectivity index (χ0v) is 15.7. The molecule has 124 valence electrons. The van der Waals surface area contributed by atoms with Gasteiger partial charge in [-0.2, -0.15) is 0 Å². The van der Waals surface area contributed by atoms with Gasteiger partial charge >= 0.3 is 5.97 Å². The number of carbonyl (C=O) groups excluding carboxylic acids is 1. The van der Waals surface area contributed by atoms with Crippen LogP contribution in [0.2, 0.25) is 10.0 Å². The topological polar surface area (TPSA) is 78.4 Å². The number of hydrogen-bond acceptors (Lipinski definition) is 3. The lowest BCUT2D eigenvalue weighted by Crippen LogP contribution is -2.34. The number of rotatable bonds is 3. The summed E-state index contributed by atoms with van der Waals surface area (Å²) in [7, 11) is 0. The van der Waals surface area contributed by atoms with Gasteiger partial charge in [-0.25, -0.2) is 4.79 Å². The summed E-state index contributed by atoms with van der Waals surface area (Å²) in [6.07, 6.45) is 0. The predicted octanol–water partition coefficient (Wildman–Crippen LogP) is 4.58. The SMILES string of the molecule is O=C(O)c1cc(NC(=S)NC(=O)c2cc(Br)ccc2Cl)ccc1Cl. The summed E-state index contributed by atoms with van der Waals surface area (Å²) in [4.78, 5) is 23.2. The highest BCUT2D eigenvalue weighted by atomic mass is 79.9. The van der Waals surface area contributed by atoms with E-state index < -0.39 is 11.9 Å². The first-order chi connectivity index (χ1) is 11.3. The van der Waals surface area contributed by atoms with E-state index in [0.717, 1.165) is 0 Å². The van der Waals surface area contributed by atoms with Gasteiger partial charge in [-0.15, -0.1) is 0 Å². The summed E-state index contributed by atoms with van der Waals surface area (Å²) in [6, 6.07) is 9.12. The highest BCUT2D eigenvalue weighted by Gasteiger charge is 2.14. The summed E-state index contributed by atoms with van der Waals surface area (Å²) in [5.74, 6) is -1.66. The van der Waals surface area contributed by atoms with E-state index in [4.69, 9.17) is 40.5 Å². The zero-order chi connectivity index (χ0) is 17.9. The minimum absolute atomic E-state index is 0.00490. The molecule has 0 unspecified atom stereocenters. The van der Waals surface area contributed by atoms with E-state index in [1.807, 2.05) is 0 Å². The van der Waals surface area contributed by atoms with Crippen LogP contribution in [0.25, 0.3) is 0 Å². The molecule has 24 heavy (non-hydrogen) atoms. The van der Waals surface area contributed by atoms with Crippen LogP contribution in [0.1, 0.15) is 20.7 Å². The molecule has 0 atom stereocenters. The second kappa shape index (κ2) is 7.94. The molecule has 0 heterocycles. The molecule has 2 rings (SSSR count). The van der Waals surface area contributed by atoms with Crippen molar-refractivity contribution >= 4 is 74.0 Å². The van der Waals surface area contributed by atoms with Gasteiger partial charge < -0.3 is 10.4 Å². The van der Waals surface area contributed by atoms with Crippen molar-refractivity contribution in [3.8, 4) is 0 Å². The van der Waals surface area contributed by atoms with Gasteiger partial charge in [-0.3, -0.25) is 10.1 Å². The van der Waals surface area contributed by atoms with Gasteiger partial charge in [0.05, 0.1) is 21.2 Å². The summed E-state index contributed by atoms with van der Waals surface area (Å²) in [5, 5.41) is 14.6. The monoisotopic (exact) mass is 446 g/mol. The van der Waals surface area contributed by atoms with E-state index in [1.54, 1.807) is 24.3 Å². The van der Waals surface area contributed by atoms with Crippen molar-refractivity contribution in [2.75, 3.05) is 5.32 Å². The molecular weight excluding hydrogens is 439 g/mol. The molecule has 2 aromatic rings. The molecule has 0 aliphatic heterocycles. The molecule has 0 saturated heterocycles. The second-order valence-corrected chi connectivity index (χ2v) is 6.67. The molecule has 0 radical (unpaired) electrons. The van der Waals surface area contributed by atoms with Gasteiger partial charge in [0.2, 0.25) is 0 Å². The Morgan fingerprint density at radius 1 is 1.04 bits per heavy atom. The fourth-order valence-corrected chi connectivity index (χ4v) is 2.74. The zero-order valence-electron chi connectivity index (χ0n) is 11.8.